The Balaban J connectivity index is 1.28. The lowest BCUT2D eigenvalue weighted by Crippen LogP contribution is -2.25. The lowest BCUT2D eigenvalue weighted by molar-refractivity contribution is -0.119. The number of carbonyl (C=O) groups excluding carboxylic acids is 4. The van der Waals surface area contributed by atoms with Gasteiger partial charge in [-0.1, -0.05) is 6.07 Å². The Morgan fingerprint density at radius 2 is 1.81 bits per heavy atom. The topological polar surface area (TPSA) is 105 Å². The first-order valence-corrected chi connectivity index (χ1v) is 10.3. The zero-order chi connectivity index (χ0) is 21.8. The number of nitrogens with one attached hydrogen (secondary N) is 2. The van der Waals surface area contributed by atoms with E-state index >= 15 is 0 Å². The number of hydrogen-bond donors (Lipinski definition) is 2. The summed E-state index contributed by atoms with van der Waals surface area (Å²) in [6.45, 7) is 0.218. The van der Waals surface area contributed by atoms with Crippen LogP contribution in [0.3, 0.4) is 0 Å². The molecule has 1 saturated heterocycles. The van der Waals surface area contributed by atoms with Crippen LogP contribution in [0.15, 0.2) is 48.5 Å². The molecule has 2 aromatic rings. The highest BCUT2D eigenvalue weighted by molar-refractivity contribution is 5.99. The van der Waals surface area contributed by atoms with Crippen molar-refractivity contribution < 1.29 is 23.9 Å². The van der Waals surface area contributed by atoms with Crippen LogP contribution in [-0.4, -0.2) is 42.9 Å². The lowest BCUT2D eigenvalue weighted by Gasteiger charge is -2.15. The molecule has 0 unspecified atom stereocenters. The van der Waals surface area contributed by atoms with Gasteiger partial charge in [-0.2, -0.15) is 0 Å². The molecule has 2 aromatic carbocycles. The van der Waals surface area contributed by atoms with Crippen LogP contribution in [0.4, 0.5) is 11.4 Å². The largest absolute Gasteiger partial charge is 0.452 e. The molecular formula is C23H23N3O5. The number of benzene rings is 2. The maximum Gasteiger partial charge on any atom is 0.338 e. The number of nitrogens with zero attached hydrogens (tertiary/aromatic N) is 1. The van der Waals surface area contributed by atoms with E-state index in [-0.39, 0.29) is 17.9 Å². The SMILES string of the molecule is O=C(COC(=O)c1ccc(N2CCCC2=O)cc1)Nc1cccc(C(=O)NC2CC2)c1. The van der Waals surface area contributed by atoms with Crippen LogP contribution in [0.2, 0.25) is 0 Å². The van der Waals surface area contributed by atoms with Crippen LogP contribution in [0.5, 0.6) is 0 Å². The summed E-state index contributed by atoms with van der Waals surface area (Å²) in [7, 11) is 0. The molecule has 1 heterocycles. The van der Waals surface area contributed by atoms with E-state index in [0.29, 0.717) is 29.8 Å². The Labute approximate surface area is 179 Å². The van der Waals surface area contributed by atoms with Gasteiger partial charge in [0.25, 0.3) is 11.8 Å². The second kappa shape index (κ2) is 8.99. The van der Waals surface area contributed by atoms with Crippen molar-refractivity contribution in [2.24, 2.45) is 0 Å². The zero-order valence-electron chi connectivity index (χ0n) is 16.9. The molecular weight excluding hydrogens is 398 g/mol. The smallest absolute Gasteiger partial charge is 0.338 e. The summed E-state index contributed by atoms with van der Waals surface area (Å²) < 4.78 is 5.08. The fourth-order valence-electron chi connectivity index (χ4n) is 3.34. The Bertz CT molecular complexity index is 1010. The third-order valence-electron chi connectivity index (χ3n) is 5.14. The van der Waals surface area contributed by atoms with Gasteiger partial charge in [0.1, 0.15) is 0 Å². The Morgan fingerprint density at radius 1 is 1.03 bits per heavy atom. The molecule has 4 rings (SSSR count). The molecule has 1 aliphatic carbocycles. The van der Waals surface area contributed by atoms with Gasteiger partial charge >= 0.3 is 5.97 Å². The quantitative estimate of drug-likeness (QED) is 0.669. The minimum atomic E-state index is -0.632. The van der Waals surface area contributed by atoms with Crippen LogP contribution < -0.4 is 15.5 Å². The number of hydrogen-bond acceptors (Lipinski definition) is 5. The van der Waals surface area contributed by atoms with E-state index in [0.717, 1.165) is 24.9 Å². The minimum Gasteiger partial charge on any atom is -0.452 e. The predicted molar refractivity (Wildman–Crippen MR) is 114 cm³/mol. The molecule has 3 amide bonds. The van der Waals surface area contributed by atoms with Gasteiger partial charge in [0.2, 0.25) is 5.91 Å². The summed E-state index contributed by atoms with van der Waals surface area (Å²) in [6, 6.07) is 13.4. The molecule has 0 aromatic heterocycles. The average Bonchev–Trinajstić information content (AvgIpc) is 3.49. The molecule has 0 spiro atoms. The van der Waals surface area contributed by atoms with E-state index < -0.39 is 18.5 Å². The van der Waals surface area contributed by atoms with E-state index in [1.165, 1.54) is 0 Å². The Morgan fingerprint density at radius 3 is 2.48 bits per heavy atom. The van der Waals surface area contributed by atoms with Crippen LogP contribution in [0.1, 0.15) is 46.4 Å². The highest BCUT2D eigenvalue weighted by Crippen LogP contribution is 2.22. The first kappa shape index (κ1) is 20.6. The number of rotatable bonds is 7. The van der Waals surface area contributed by atoms with Gasteiger partial charge in [-0.3, -0.25) is 14.4 Å². The molecule has 0 bridgehead atoms. The first-order valence-electron chi connectivity index (χ1n) is 10.3. The lowest BCUT2D eigenvalue weighted by atomic mass is 10.2. The second-order valence-electron chi connectivity index (χ2n) is 7.65. The normalized spacial score (nSPS) is 15.5. The number of carbonyl (C=O) groups is 4. The van der Waals surface area contributed by atoms with Crippen LogP contribution in [-0.2, 0) is 14.3 Å². The summed E-state index contributed by atoms with van der Waals surface area (Å²) in [6.07, 6.45) is 3.35. The summed E-state index contributed by atoms with van der Waals surface area (Å²) in [5.74, 6) is -1.25. The fourth-order valence-corrected chi connectivity index (χ4v) is 3.34. The summed E-state index contributed by atoms with van der Waals surface area (Å²) in [5, 5.41) is 5.51. The van der Waals surface area contributed by atoms with Gasteiger partial charge in [-0.25, -0.2) is 4.79 Å². The summed E-state index contributed by atoms with van der Waals surface area (Å²) in [5.41, 5.74) is 1.94. The second-order valence-corrected chi connectivity index (χ2v) is 7.65. The average molecular weight is 421 g/mol. The number of anilines is 2. The van der Waals surface area contributed by atoms with Crippen molar-refractivity contribution in [1.29, 1.82) is 0 Å². The molecule has 2 N–H and O–H groups in total. The highest BCUT2D eigenvalue weighted by Gasteiger charge is 2.24. The molecule has 31 heavy (non-hydrogen) atoms. The van der Waals surface area contributed by atoms with Crippen LogP contribution >= 0.6 is 0 Å². The van der Waals surface area contributed by atoms with Crippen molar-refractivity contribution in [3.8, 4) is 0 Å². The Hall–Kier alpha value is -3.68. The van der Waals surface area contributed by atoms with Crippen molar-refractivity contribution >= 4 is 35.1 Å². The van der Waals surface area contributed by atoms with Crippen molar-refractivity contribution in [1.82, 2.24) is 5.32 Å². The third-order valence-corrected chi connectivity index (χ3v) is 5.14. The van der Waals surface area contributed by atoms with E-state index in [1.807, 2.05) is 0 Å². The molecule has 8 nitrogen and oxygen atoms in total. The number of esters is 1. The molecule has 0 atom stereocenters. The van der Waals surface area contributed by atoms with E-state index in [9.17, 15) is 19.2 Å². The van der Waals surface area contributed by atoms with Gasteiger partial charge in [-0.15, -0.1) is 0 Å². The van der Waals surface area contributed by atoms with E-state index in [2.05, 4.69) is 10.6 Å². The molecule has 160 valence electrons. The third kappa shape index (κ3) is 5.28. The highest BCUT2D eigenvalue weighted by atomic mass is 16.5. The number of ether oxygens (including phenoxy) is 1. The standard InChI is InChI=1S/C23H23N3O5/c27-20(24-18-4-1-3-16(13-18)22(29)25-17-8-9-17)14-31-23(30)15-6-10-19(11-7-15)26-12-2-5-21(26)28/h1,3-4,6-7,10-11,13,17H,2,5,8-9,12,14H2,(H,24,27)(H,25,29). The molecule has 2 aliphatic rings. The molecule has 1 aliphatic heterocycles. The van der Waals surface area contributed by atoms with Gasteiger partial charge in [0.15, 0.2) is 6.61 Å². The minimum absolute atomic E-state index is 0.0705. The van der Waals surface area contributed by atoms with Gasteiger partial charge in [0, 0.05) is 35.9 Å². The predicted octanol–water partition coefficient (Wildman–Crippen LogP) is 2.50. The van der Waals surface area contributed by atoms with Crippen LogP contribution in [0.25, 0.3) is 0 Å². The Kier molecular flexibility index (Phi) is 5.97. The monoisotopic (exact) mass is 421 g/mol. The van der Waals surface area contributed by atoms with Crippen molar-refractivity contribution in [2.45, 2.75) is 31.7 Å². The number of amides is 3. The summed E-state index contributed by atoms with van der Waals surface area (Å²) in [4.78, 5) is 50.0. The van der Waals surface area contributed by atoms with Gasteiger partial charge in [-0.05, 0) is 61.7 Å². The zero-order valence-corrected chi connectivity index (χ0v) is 16.9. The van der Waals surface area contributed by atoms with Crippen molar-refractivity contribution in [3.63, 3.8) is 0 Å². The van der Waals surface area contributed by atoms with E-state index in [4.69, 9.17) is 4.74 Å². The van der Waals surface area contributed by atoms with Gasteiger partial charge in [0.05, 0.1) is 5.56 Å². The fraction of sp³-hybridized carbons (Fsp3) is 0.304. The molecule has 0 radical (unpaired) electrons. The van der Waals surface area contributed by atoms with Crippen molar-refractivity contribution in [2.75, 3.05) is 23.4 Å². The summed E-state index contributed by atoms with van der Waals surface area (Å²) >= 11 is 0. The molecule has 1 saturated carbocycles. The van der Waals surface area contributed by atoms with Crippen molar-refractivity contribution in [3.05, 3.63) is 59.7 Å². The first-order chi connectivity index (χ1) is 15.0. The van der Waals surface area contributed by atoms with E-state index in [1.54, 1.807) is 53.4 Å². The molecule has 8 heteroatoms. The molecule has 2 fully saturated rings. The maximum atomic E-state index is 12.2. The van der Waals surface area contributed by atoms with Gasteiger partial charge < -0.3 is 20.3 Å². The maximum absolute atomic E-state index is 12.2. The van der Waals surface area contributed by atoms with Crippen LogP contribution in [0, 0.1) is 0 Å².